The van der Waals surface area contributed by atoms with Crippen LogP contribution in [0.2, 0.25) is 30.7 Å². The van der Waals surface area contributed by atoms with Crippen molar-refractivity contribution in [3.8, 4) is 0 Å². The monoisotopic (exact) mass is 433 g/mol. The number of rotatable bonds is 13. The van der Waals surface area contributed by atoms with Crippen molar-refractivity contribution in [1.82, 2.24) is 9.78 Å². The zero-order valence-corrected chi connectivity index (χ0v) is 19.2. The predicted molar refractivity (Wildman–Crippen MR) is 113 cm³/mol. The molecule has 1 heterocycles. The van der Waals surface area contributed by atoms with Crippen LogP contribution in [0, 0.1) is 0 Å². The van der Waals surface area contributed by atoms with Crippen molar-refractivity contribution in [3.63, 3.8) is 0 Å². The molecule has 28 heavy (non-hydrogen) atoms. The second kappa shape index (κ2) is 12.2. The summed E-state index contributed by atoms with van der Waals surface area (Å²) in [6.07, 6.45) is 1.71. The zero-order valence-electron chi connectivity index (χ0n) is 17.4. The molecule has 0 spiro atoms. The Hall–Kier alpha value is -1.42. The van der Waals surface area contributed by atoms with Gasteiger partial charge in [0.1, 0.15) is 11.8 Å². The number of carbonyl (C=O) groups excluding carboxylic acids is 1. The molecule has 0 radical (unpaired) electrons. The quantitative estimate of drug-likeness (QED) is 0.290. The number of hydrogen-bond donors (Lipinski definition) is 1. The van der Waals surface area contributed by atoms with Gasteiger partial charge in [0.05, 0.1) is 38.1 Å². The first-order chi connectivity index (χ1) is 13.1. The van der Waals surface area contributed by atoms with Crippen LogP contribution in [0.3, 0.4) is 0 Å². The second-order valence-electron chi connectivity index (χ2n) is 7.70. The zero-order chi connectivity index (χ0) is 21.2. The summed E-state index contributed by atoms with van der Waals surface area (Å²) in [7, 11) is -1.18. The Kier molecular flexibility index (Phi) is 10.7. The lowest BCUT2D eigenvalue weighted by molar-refractivity contribution is -0.144. The van der Waals surface area contributed by atoms with E-state index in [0.717, 1.165) is 6.04 Å². The molecule has 10 heteroatoms. The maximum absolute atomic E-state index is 12.3. The minimum Gasteiger partial charge on any atom is -0.466 e. The molecule has 1 atom stereocenters. The lowest BCUT2D eigenvalue weighted by Gasteiger charge is -2.17. The molecule has 160 valence electrons. The van der Waals surface area contributed by atoms with Crippen molar-refractivity contribution in [1.29, 1.82) is 0 Å². The third-order valence-corrected chi connectivity index (χ3v) is 5.79. The van der Waals surface area contributed by atoms with Crippen LogP contribution >= 0.6 is 11.6 Å². The van der Waals surface area contributed by atoms with Crippen LogP contribution in [0.15, 0.2) is 11.0 Å². The molecular formula is C18H32ClN3O5Si. The Morgan fingerprint density at radius 2 is 2.04 bits per heavy atom. The summed E-state index contributed by atoms with van der Waals surface area (Å²) in [4.78, 5) is 23.6. The molecule has 1 N–H and O–H groups in total. The molecule has 1 rings (SSSR count). The van der Waals surface area contributed by atoms with E-state index in [4.69, 9.17) is 25.8 Å². The number of aromatic nitrogens is 2. The number of ether oxygens (including phenoxy) is 3. The van der Waals surface area contributed by atoms with E-state index in [2.05, 4.69) is 30.1 Å². The topological polar surface area (TPSA) is 91.7 Å². The van der Waals surface area contributed by atoms with Crippen molar-refractivity contribution in [3.05, 3.63) is 21.6 Å². The van der Waals surface area contributed by atoms with Gasteiger partial charge in [0.15, 0.2) is 0 Å². The average molecular weight is 434 g/mol. The molecule has 0 unspecified atom stereocenters. The first-order valence-electron chi connectivity index (χ1n) is 9.47. The van der Waals surface area contributed by atoms with Crippen LogP contribution < -0.4 is 10.9 Å². The van der Waals surface area contributed by atoms with Gasteiger partial charge in [-0.25, -0.2) is 4.68 Å². The van der Waals surface area contributed by atoms with Crippen molar-refractivity contribution in [2.24, 2.45) is 0 Å². The number of nitrogens with one attached hydrogen (secondary N) is 1. The summed E-state index contributed by atoms with van der Waals surface area (Å²) in [6, 6.07) is 0.896. The van der Waals surface area contributed by atoms with Gasteiger partial charge in [-0.15, -0.1) is 0 Å². The molecule has 0 saturated heterocycles. The van der Waals surface area contributed by atoms with Gasteiger partial charge < -0.3 is 19.5 Å². The number of esters is 1. The normalized spacial score (nSPS) is 12.6. The summed E-state index contributed by atoms with van der Waals surface area (Å²) in [6.45, 7) is 12.1. The summed E-state index contributed by atoms with van der Waals surface area (Å²) in [5.74, 6) is -0.286. The Bertz CT molecular complexity index is 678. The van der Waals surface area contributed by atoms with Crippen molar-refractivity contribution in [2.75, 3.05) is 31.7 Å². The summed E-state index contributed by atoms with van der Waals surface area (Å²) < 4.78 is 17.0. The molecule has 0 fully saturated rings. The highest BCUT2D eigenvalue weighted by molar-refractivity contribution is 6.76. The molecule has 0 aromatic carbocycles. The van der Waals surface area contributed by atoms with E-state index >= 15 is 0 Å². The molecule has 0 aliphatic rings. The van der Waals surface area contributed by atoms with Crippen LogP contribution in [0.4, 0.5) is 5.69 Å². The highest BCUT2D eigenvalue weighted by atomic mass is 35.5. The lowest BCUT2D eigenvalue weighted by Crippen LogP contribution is -2.29. The molecule has 1 aromatic heterocycles. The number of hydrogen-bond acceptors (Lipinski definition) is 7. The minimum absolute atomic E-state index is 0.0576. The smallest absolute Gasteiger partial charge is 0.308 e. The molecule has 0 aliphatic carbocycles. The van der Waals surface area contributed by atoms with Gasteiger partial charge in [0.2, 0.25) is 0 Å². The summed E-state index contributed by atoms with van der Waals surface area (Å²) in [5, 5.41) is 7.26. The van der Waals surface area contributed by atoms with Crippen molar-refractivity contribution >= 4 is 31.3 Å². The van der Waals surface area contributed by atoms with Crippen LogP contribution in [0.1, 0.15) is 20.3 Å². The van der Waals surface area contributed by atoms with E-state index in [1.807, 2.05) is 6.92 Å². The highest BCUT2D eigenvalue weighted by Gasteiger charge is 2.14. The van der Waals surface area contributed by atoms with Gasteiger partial charge in [-0.1, -0.05) is 31.2 Å². The summed E-state index contributed by atoms with van der Waals surface area (Å²) in [5.41, 5.74) is 0.0293. The predicted octanol–water partition coefficient (Wildman–Crippen LogP) is 2.98. The minimum atomic E-state index is -1.18. The van der Waals surface area contributed by atoms with Gasteiger partial charge in [-0.05, 0) is 19.9 Å². The first kappa shape index (κ1) is 24.6. The third-order valence-electron chi connectivity index (χ3n) is 3.72. The van der Waals surface area contributed by atoms with E-state index in [-0.39, 0.29) is 36.8 Å². The number of halogens is 1. The molecule has 8 nitrogen and oxygen atoms in total. The number of anilines is 1. The molecule has 0 amide bonds. The fourth-order valence-corrected chi connectivity index (χ4v) is 3.10. The average Bonchev–Trinajstić information content (AvgIpc) is 2.60. The first-order valence-corrected chi connectivity index (χ1v) is 13.6. The van der Waals surface area contributed by atoms with Gasteiger partial charge in [-0.2, -0.15) is 5.10 Å². The van der Waals surface area contributed by atoms with E-state index < -0.39 is 13.6 Å². The number of carbonyl (C=O) groups is 1. The van der Waals surface area contributed by atoms with Gasteiger partial charge in [0.25, 0.3) is 5.56 Å². The van der Waals surface area contributed by atoms with E-state index in [1.165, 1.54) is 10.9 Å². The van der Waals surface area contributed by atoms with Crippen LogP contribution in [0.5, 0.6) is 0 Å². The second-order valence-corrected chi connectivity index (χ2v) is 13.7. The van der Waals surface area contributed by atoms with Crippen LogP contribution in [0.25, 0.3) is 0 Å². The Labute approximate surface area is 172 Å². The van der Waals surface area contributed by atoms with E-state index in [9.17, 15) is 9.59 Å². The Morgan fingerprint density at radius 3 is 2.68 bits per heavy atom. The third kappa shape index (κ3) is 9.68. The standard InChI is InChI=1S/C18H32ClN3O5Si/c1-6-27-16(23)7-8-25-12-14(2)21-15-11-20-22(18(24)17(15)19)13-26-9-10-28(3,4)5/h11,14,21H,6-10,12-13H2,1-5H3/t14-/m0/s1. The SMILES string of the molecule is CCOC(=O)CCOC[C@H](C)Nc1cnn(COCC[Si](C)(C)C)c(=O)c1Cl. The van der Waals surface area contributed by atoms with Gasteiger partial charge in [-0.3, -0.25) is 9.59 Å². The maximum atomic E-state index is 12.3. The Balaban J connectivity index is 2.46. The molecule has 0 bridgehead atoms. The van der Waals surface area contributed by atoms with Crippen molar-refractivity contribution < 1.29 is 19.0 Å². The highest BCUT2D eigenvalue weighted by Crippen LogP contribution is 2.16. The molecular weight excluding hydrogens is 402 g/mol. The van der Waals surface area contributed by atoms with Crippen LogP contribution in [-0.4, -0.2) is 56.3 Å². The van der Waals surface area contributed by atoms with Gasteiger partial charge in [0, 0.05) is 20.7 Å². The Morgan fingerprint density at radius 1 is 1.32 bits per heavy atom. The molecule has 0 saturated carbocycles. The maximum Gasteiger partial charge on any atom is 0.308 e. The van der Waals surface area contributed by atoms with Crippen LogP contribution in [-0.2, 0) is 25.7 Å². The fourth-order valence-electron chi connectivity index (χ4n) is 2.14. The summed E-state index contributed by atoms with van der Waals surface area (Å²) >= 11 is 6.18. The van der Waals surface area contributed by atoms with Gasteiger partial charge >= 0.3 is 5.97 Å². The van der Waals surface area contributed by atoms with E-state index in [0.29, 0.717) is 25.5 Å². The lowest BCUT2D eigenvalue weighted by atomic mass is 10.3. The fraction of sp³-hybridized carbons (Fsp3) is 0.722. The molecule has 1 aromatic rings. The number of nitrogens with zero attached hydrogens (tertiary/aromatic N) is 2. The molecule has 0 aliphatic heterocycles. The van der Waals surface area contributed by atoms with E-state index in [1.54, 1.807) is 6.92 Å². The largest absolute Gasteiger partial charge is 0.466 e. The van der Waals surface area contributed by atoms with Crippen molar-refractivity contribution in [2.45, 2.75) is 58.7 Å².